The van der Waals surface area contributed by atoms with Crippen LogP contribution in [0.3, 0.4) is 0 Å². The summed E-state index contributed by atoms with van der Waals surface area (Å²) in [6.07, 6.45) is 2.18. The molecule has 3 rings (SSSR count). The molecule has 1 aromatic carbocycles. The zero-order valence-corrected chi connectivity index (χ0v) is 16.4. The monoisotopic (exact) mass is 368 g/mol. The molecule has 0 radical (unpaired) electrons. The number of hydrogen-bond donors (Lipinski definition) is 1. The molecule has 1 saturated heterocycles. The van der Waals surface area contributed by atoms with Crippen molar-refractivity contribution in [2.75, 3.05) is 20.1 Å². The van der Waals surface area contributed by atoms with Crippen LogP contribution in [0.5, 0.6) is 0 Å². The predicted octanol–water partition coefficient (Wildman–Crippen LogP) is 2.05. The molecular formula is C21H28N4O2. The summed E-state index contributed by atoms with van der Waals surface area (Å²) >= 11 is 0. The van der Waals surface area contributed by atoms with Gasteiger partial charge in [-0.25, -0.2) is 4.98 Å². The Morgan fingerprint density at radius 1 is 1.30 bits per heavy atom. The SMILES string of the molecule is Cc1nc(C)c(CC(=O)N2CCCC(N(C)Cc3ccccc3)C2)c(=O)[nH]1. The number of likely N-dealkylation sites (tertiary alicyclic amines) is 1. The number of aromatic nitrogens is 2. The van der Waals surface area contributed by atoms with Gasteiger partial charge in [0, 0.05) is 36.9 Å². The molecule has 1 aromatic heterocycles. The van der Waals surface area contributed by atoms with Gasteiger partial charge in [0.05, 0.1) is 6.42 Å². The summed E-state index contributed by atoms with van der Waals surface area (Å²) in [6, 6.07) is 10.7. The normalized spacial score (nSPS) is 17.3. The summed E-state index contributed by atoms with van der Waals surface area (Å²) in [6.45, 7) is 5.87. The summed E-state index contributed by atoms with van der Waals surface area (Å²) in [7, 11) is 2.12. The van der Waals surface area contributed by atoms with Gasteiger partial charge in [-0.3, -0.25) is 14.5 Å². The van der Waals surface area contributed by atoms with E-state index in [1.54, 1.807) is 13.8 Å². The number of aryl methyl sites for hydroxylation is 2. The Hall–Kier alpha value is -2.47. The lowest BCUT2D eigenvalue weighted by Crippen LogP contribution is -2.49. The molecule has 2 heterocycles. The van der Waals surface area contributed by atoms with Crippen molar-refractivity contribution < 1.29 is 4.79 Å². The smallest absolute Gasteiger partial charge is 0.254 e. The van der Waals surface area contributed by atoms with Gasteiger partial charge in [0.1, 0.15) is 5.82 Å². The van der Waals surface area contributed by atoms with Crippen LogP contribution in [-0.4, -0.2) is 51.9 Å². The van der Waals surface area contributed by atoms with Crippen LogP contribution in [0.25, 0.3) is 0 Å². The number of hydrogen-bond acceptors (Lipinski definition) is 4. The molecule has 6 nitrogen and oxygen atoms in total. The van der Waals surface area contributed by atoms with E-state index in [4.69, 9.17) is 0 Å². The first-order chi connectivity index (χ1) is 12.9. The standard InChI is InChI=1S/C21H28N4O2/c1-15-19(21(27)23-16(2)22-15)12-20(26)25-11-7-10-18(14-25)24(3)13-17-8-5-4-6-9-17/h4-6,8-9,18H,7,10-14H2,1-3H3,(H,22,23,27). The van der Waals surface area contributed by atoms with Crippen LogP contribution in [0.1, 0.15) is 35.5 Å². The third kappa shape index (κ3) is 4.83. The van der Waals surface area contributed by atoms with E-state index in [1.807, 2.05) is 11.0 Å². The molecule has 2 aromatic rings. The van der Waals surface area contributed by atoms with E-state index in [1.165, 1.54) is 5.56 Å². The Balaban J connectivity index is 1.64. The minimum absolute atomic E-state index is 0.00654. The predicted molar refractivity (Wildman–Crippen MR) is 106 cm³/mol. The average molecular weight is 368 g/mol. The topological polar surface area (TPSA) is 69.3 Å². The maximum absolute atomic E-state index is 12.8. The number of aromatic amines is 1. The third-order valence-electron chi connectivity index (χ3n) is 5.32. The van der Waals surface area contributed by atoms with Crippen molar-refractivity contribution in [1.29, 1.82) is 0 Å². The number of carbonyl (C=O) groups excluding carboxylic acids is 1. The quantitative estimate of drug-likeness (QED) is 0.877. The Morgan fingerprint density at radius 3 is 2.74 bits per heavy atom. The first kappa shape index (κ1) is 19.3. The lowest BCUT2D eigenvalue weighted by atomic mass is 10.0. The fraction of sp³-hybridized carbons (Fsp3) is 0.476. The molecule has 1 aliphatic rings. The van der Waals surface area contributed by atoms with Crippen LogP contribution >= 0.6 is 0 Å². The van der Waals surface area contributed by atoms with Gasteiger partial charge in [-0.05, 0) is 39.3 Å². The Morgan fingerprint density at radius 2 is 2.04 bits per heavy atom. The van der Waals surface area contributed by atoms with Crippen LogP contribution in [0, 0.1) is 13.8 Å². The molecule has 1 atom stereocenters. The highest BCUT2D eigenvalue weighted by Crippen LogP contribution is 2.18. The van der Waals surface area contributed by atoms with E-state index in [9.17, 15) is 9.59 Å². The van der Waals surface area contributed by atoms with Crippen LogP contribution in [-0.2, 0) is 17.8 Å². The van der Waals surface area contributed by atoms with Gasteiger partial charge < -0.3 is 9.88 Å². The molecule has 0 saturated carbocycles. The molecule has 0 bridgehead atoms. The van der Waals surface area contributed by atoms with Crippen molar-refractivity contribution in [2.24, 2.45) is 0 Å². The number of nitrogens with zero attached hydrogens (tertiary/aromatic N) is 3. The highest BCUT2D eigenvalue weighted by atomic mass is 16.2. The number of H-pyrrole nitrogens is 1. The molecule has 0 aliphatic carbocycles. The van der Waals surface area contributed by atoms with Crippen molar-refractivity contribution in [3.63, 3.8) is 0 Å². The van der Waals surface area contributed by atoms with Crippen molar-refractivity contribution in [3.05, 3.63) is 63.3 Å². The number of likely N-dealkylation sites (N-methyl/N-ethyl adjacent to an activating group) is 1. The van der Waals surface area contributed by atoms with E-state index in [0.717, 1.165) is 25.9 Å². The Labute approximate surface area is 160 Å². The molecule has 6 heteroatoms. The van der Waals surface area contributed by atoms with Crippen molar-refractivity contribution in [1.82, 2.24) is 19.8 Å². The van der Waals surface area contributed by atoms with Gasteiger partial charge >= 0.3 is 0 Å². The Kier molecular flexibility index (Phi) is 6.06. The summed E-state index contributed by atoms with van der Waals surface area (Å²) < 4.78 is 0. The van der Waals surface area contributed by atoms with E-state index >= 15 is 0 Å². The lowest BCUT2D eigenvalue weighted by Gasteiger charge is -2.37. The van der Waals surface area contributed by atoms with Crippen LogP contribution in [0.4, 0.5) is 0 Å². The second-order valence-corrected chi connectivity index (χ2v) is 7.43. The fourth-order valence-corrected chi connectivity index (χ4v) is 3.76. The molecule has 27 heavy (non-hydrogen) atoms. The third-order valence-corrected chi connectivity index (χ3v) is 5.32. The fourth-order valence-electron chi connectivity index (χ4n) is 3.76. The number of piperidine rings is 1. The number of benzene rings is 1. The van der Waals surface area contributed by atoms with Crippen molar-refractivity contribution in [3.8, 4) is 0 Å². The highest BCUT2D eigenvalue weighted by Gasteiger charge is 2.27. The maximum Gasteiger partial charge on any atom is 0.254 e. The average Bonchev–Trinajstić information content (AvgIpc) is 2.65. The first-order valence-electron chi connectivity index (χ1n) is 9.52. The lowest BCUT2D eigenvalue weighted by molar-refractivity contribution is -0.132. The molecular weight excluding hydrogens is 340 g/mol. The molecule has 1 fully saturated rings. The molecule has 1 unspecified atom stereocenters. The van der Waals surface area contributed by atoms with Gasteiger partial charge in [-0.2, -0.15) is 0 Å². The largest absolute Gasteiger partial charge is 0.341 e. The zero-order chi connectivity index (χ0) is 19.4. The van der Waals surface area contributed by atoms with E-state index < -0.39 is 0 Å². The van der Waals surface area contributed by atoms with Crippen molar-refractivity contribution in [2.45, 2.75) is 45.7 Å². The summed E-state index contributed by atoms with van der Waals surface area (Å²) in [5.41, 5.74) is 2.18. The van der Waals surface area contributed by atoms with Crippen LogP contribution in [0.15, 0.2) is 35.1 Å². The van der Waals surface area contributed by atoms with Crippen LogP contribution < -0.4 is 5.56 Å². The second-order valence-electron chi connectivity index (χ2n) is 7.43. The Bertz CT molecular complexity index is 847. The number of nitrogens with one attached hydrogen (secondary N) is 1. The highest BCUT2D eigenvalue weighted by molar-refractivity contribution is 5.79. The zero-order valence-electron chi connectivity index (χ0n) is 16.4. The van der Waals surface area contributed by atoms with Crippen LogP contribution in [0.2, 0.25) is 0 Å². The number of rotatable bonds is 5. The second kappa shape index (κ2) is 8.48. The molecule has 1 amide bonds. The molecule has 0 spiro atoms. The van der Waals surface area contributed by atoms with E-state index in [-0.39, 0.29) is 17.9 Å². The number of carbonyl (C=O) groups is 1. The minimum atomic E-state index is -0.205. The van der Waals surface area contributed by atoms with Gasteiger partial charge in [0.25, 0.3) is 5.56 Å². The minimum Gasteiger partial charge on any atom is -0.341 e. The number of amides is 1. The first-order valence-corrected chi connectivity index (χ1v) is 9.52. The van der Waals surface area contributed by atoms with Gasteiger partial charge in [0.15, 0.2) is 0 Å². The summed E-state index contributed by atoms with van der Waals surface area (Å²) in [5.74, 6) is 0.585. The van der Waals surface area contributed by atoms with Gasteiger partial charge in [0.2, 0.25) is 5.91 Å². The molecule has 144 valence electrons. The molecule has 1 N–H and O–H groups in total. The maximum atomic E-state index is 12.8. The summed E-state index contributed by atoms with van der Waals surface area (Å²) in [4.78, 5) is 36.2. The van der Waals surface area contributed by atoms with E-state index in [0.29, 0.717) is 29.7 Å². The van der Waals surface area contributed by atoms with Gasteiger partial charge in [-0.15, -0.1) is 0 Å². The van der Waals surface area contributed by atoms with Gasteiger partial charge in [-0.1, -0.05) is 30.3 Å². The van der Waals surface area contributed by atoms with Crippen molar-refractivity contribution >= 4 is 5.91 Å². The van der Waals surface area contributed by atoms with E-state index in [2.05, 4.69) is 46.2 Å². The molecule has 1 aliphatic heterocycles. The summed E-state index contributed by atoms with van der Waals surface area (Å²) in [5, 5.41) is 0.